The molecule has 1 aliphatic heterocycles. The maximum Gasteiger partial charge on any atom is 0.155 e. The van der Waals surface area contributed by atoms with Gasteiger partial charge in [-0.25, -0.2) is 4.39 Å². The van der Waals surface area contributed by atoms with E-state index in [-0.39, 0.29) is 18.1 Å². The first-order chi connectivity index (χ1) is 11.3. The van der Waals surface area contributed by atoms with E-state index in [0.717, 1.165) is 25.3 Å². The van der Waals surface area contributed by atoms with Crippen molar-refractivity contribution in [2.75, 3.05) is 13.1 Å². The highest BCUT2D eigenvalue weighted by Gasteiger charge is 2.33. The van der Waals surface area contributed by atoms with E-state index in [0.29, 0.717) is 12.2 Å². The first-order valence-corrected chi connectivity index (χ1v) is 8.07. The second kappa shape index (κ2) is 7.57. The summed E-state index contributed by atoms with van der Waals surface area (Å²) in [4.78, 5) is 2.25. The lowest BCUT2D eigenvalue weighted by Gasteiger charge is -2.23. The van der Waals surface area contributed by atoms with Crippen molar-refractivity contribution in [2.24, 2.45) is 0 Å². The average molecular weight is 315 g/mol. The highest BCUT2D eigenvalue weighted by molar-refractivity contribution is 5.21. The first kappa shape index (κ1) is 16.0. The van der Waals surface area contributed by atoms with Crippen molar-refractivity contribution in [3.8, 4) is 5.75 Å². The summed E-state index contributed by atoms with van der Waals surface area (Å²) in [7, 11) is 0. The molecule has 2 unspecified atom stereocenters. The van der Waals surface area contributed by atoms with Gasteiger partial charge in [0.1, 0.15) is 11.6 Å². The van der Waals surface area contributed by atoms with Gasteiger partial charge in [0.15, 0.2) is 6.23 Å². The summed E-state index contributed by atoms with van der Waals surface area (Å²) in [5.41, 5.74) is 0.600. The molecule has 23 heavy (non-hydrogen) atoms. The van der Waals surface area contributed by atoms with Gasteiger partial charge in [0.2, 0.25) is 0 Å². The highest BCUT2D eigenvalue weighted by atomic mass is 19.1. The maximum absolute atomic E-state index is 13.7. The van der Waals surface area contributed by atoms with Crippen LogP contribution in [0.1, 0.15) is 18.9 Å². The molecular formula is C19H22FNO2. The zero-order valence-corrected chi connectivity index (χ0v) is 13.3. The van der Waals surface area contributed by atoms with E-state index in [4.69, 9.17) is 9.47 Å². The monoisotopic (exact) mass is 315 g/mol. The van der Waals surface area contributed by atoms with Gasteiger partial charge in [-0.15, -0.1) is 0 Å². The summed E-state index contributed by atoms with van der Waals surface area (Å²) in [5.74, 6) is 0.653. The Balaban J connectivity index is 1.57. The summed E-state index contributed by atoms with van der Waals surface area (Å²) >= 11 is 0. The van der Waals surface area contributed by atoms with Gasteiger partial charge < -0.3 is 9.47 Å². The number of ether oxygens (including phenoxy) is 2. The van der Waals surface area contributed by atoms with E-state index in [1.807, 2.05) is 36.4 Å². The Morgan fingerprint density at radius 3 is 2.57 bits per heavy atom. The van der Waals surface area contributed by atoms with E-state index >= 15 is 0 Å². The summed E-state index contributed by atoms with van der Waals surface area (Å²) in [5, 5.41) is 0. The van der Waals surface area contributed by atoms with Crippen LogP contribution < -0.4 is 4.74 Å². The zero-order valence-electron chi connectivity index (χ0n) is 13.3. The van der Waals surface area contributed by atoms with Crippen LogP contribution >= 0.6 is 0 Å². The van der Waals surface area contributed by atoms with Crippen LogP contribution in [0.25, 0.3) is 0 Å². The van der Waals surface area contributed by atoms with E-state index in [1.54, 1.807) is 12.1 Å². The lowest BCUT2D eigenvalue weighted by molar-refractivity contribution is 0.0433. The Bertz CT molecular complexity index is 620. The van der Waals surface area contributed by atoms with Crippen molar-refractivity contribution >= 4 is 0 Å². The normalized spacial score (nSPS) is 21.5. The van der Waals surface area contributed by atoms with Crippen LogP contribution in [-0.2, 0) is 11.3 Å². The standard InChI is InChI=1S/C19H22FNO2/c1-2-21-13-17(22-14-15-8-6-7-11-18(15)20)12-19(21)23-16-9-4-3-5-10-16/h3-11,17,19H,2,12-14H2,1H3. The molecule has 0 aliphatic carbocycles. The molecule has 0 bridgehead atoms. The summed E-state index contributed by atoms with van der Waals surface area (Å²) in [6.07, 6.45) is 0.855. The molecule has 4 heteroatoms. The van der Waals surface area contributed by atoms with Gasteiger partial charge in [-0.2, -0.15) is 0 Å². The molecular weight excluding hydrogens is 293 g/mol. The van der Waals surface area contributed by atoms with Crippen molar-refractivity contribution in [1.82, 2.24) is 4.90 Å². The quantitative estimate of drug-likeness (QED) is 0.808. The number of halogens is 1. The number of para-hydroxylation sites is 1. The molecule has 0 radical (unpaired) electrons. The highest BCUT2D eigenvalue weighted by Crippen LogP contribution is 2.24. The third-order valence-electron chi connectivity index (χ3n) is 4.16. The maximum atomic E-state index is 13.7. The van der Waals surface area contributed by atoms with Crippen molar-refractivity contribution in [3.05, 3.63) is 66.0 Å². The average Bonchev–Trinajstić information content (AvgIpc) is 2.97. The molecule has 122 valence electrons. The Hall–Kier alpha value is -1.91. The Morgan fingerprint density at radius 2 is 1.83 bits per heavy atom. The van der Waals surface area contributed by atoms with Gasteiger partial charge in [-0.1, -0.05) is 43.3 Å². The molecule has 1 fully saturated rings. The van der Waals surface area contributed by atoms with E-state index < -0.39 is 0 Å². The lowest BCUT2D eigenvalue weighted by Crippen LogP contribution is -2.33. The molecule has 1 aliphatic rings. The van der Waals surface area contributed by atoms with E-state index in [1.165, 1.54) is 6.07 Å². The molecule has 1 heterocycles. The minimum Gasteiger partial charge on any atom is -0.475 e. The second-order valence-corrected chi connectivity index (χ2v) is 5.73. The molecule has 2 aromatic carbocycles. The van der Waals surface area contributed by atoms with Crippen LogP contribution in [0.2, 0.25) is 0 Å². The van der Waals surface area contributed by atoms with Gasteiger partial charge in [0.05, 0.1) is 12.7 Å². The molecule has 1 saturated heterocycles. The number of hydrogen-bond donors (Lipinski definition) is 0. The molecule has 0 spiro atoms. The molecule has 0 saturated carbocycles. The Morgan fingerprint density at radius 1 is 1.09 bits per heavy atom. The number of likely N-dealkylation sites (tertiary alicyclic amines) is 1. The third kappa shape index (κ3) is 4.09. The molecule has 3 nitrogen and oxygen atoms in total. The molecule has 0 amide bonds. The van der Waals surface area contributed by atoms with Gasteiger partial charge in [0, 0.05) is 18.5 Å². The number of rotatable bonds is 6. The van der Waals surface area contributed by atoms with Crippen molar-refractivity contribution in [2.45, 2.75) is 32.3 Å². The molecule has 0 N–H and O–H groups in total. The predicted molar refractivity (Wildman–Crippen MR) is 87.7 cm³/mol. The zero-order chi connectivity index (χ0) is 16.1. The van der Waals surface area contributed by atoms with E-state index in [9.17, 15) is 4.39 Å². The number of benzene rings is 2. The van der Waals surface area contributed by atoms with Crippen LogP contribution in [0.5, 0.6) is 5.75 Å². The van der Waals surface area contributed by atoms with Crippen LogP contribution in [-0.4, -0.2) is 30.3 Å². The fraction of sp³-hybridized carbons (Fsp3) is 0.368. The van der Waals surface area contributed by atoms with Gasteiger partial charge in [0.25, 0.3) is 0 Å². The van der Waals surface area contributed by atoms with Gasteiger partial charge in [-0.3, -0.25) is 4.90 Å². The predicted octanol–water partition coefficient (Wildman–Crippen LogP) is 3.84. The molecule has 0 aromatic heterocycles. The fourth-order valence-electron chi connectivity index (χ4n) is 2.88. The van der Waals surface area contributed by atoms with Crippen LogP contribution in [0.15, 0.2) is 54.6 Å². The van der Waals surface area contributed by atoms with Gasteiger partial charge >= 0.3 is 0 Å². The molecule has 2 aromatic rings. The summed E-state index contributed by atoms with van der Waals surface area (Å²) < 4.78 is 25.6. The number of likely N-dealkylation sites (N-methyl/N-ethyl adjacent to an activating group) is 1. The second-order valence-electron chi connectivity index (χ2n) is 5.73. The minimum absolute atomic E-state index is 0.00743. The fourth-order valence-corrected chi connectivity index (χ4v) is 2.88. The van der Waals surface area contributed by atoms with Crippen molar-refractivity contribution < 1.29 is 13.9 Å². The SMILES string of the molecule is CCN1CC(OCc2ccccc2F)CC1Oc1ccccc1. The molecule has 3 rings (SSSR count). The van der Waals surface area contributed by atoms with Crippen LogP contribution in [0.4, 0.5) is 4.39 Å². The van der Waals surface area contributed by atoms with Crippen LogP contribution in [0, 0.1) is 5.82 Å². The Kier molecular flexibility index (Phi) is 5.26. The van der Waals surface area contributed by atoms with Crippen molar-refractivity contribution in [1.29, 1.82) is 0 Å². The number of nitrogens with zero attached hydrogens (tertiary/aromatic N) is 1. The molecule has 2 atom stereocenters. The first-order valence-electron chi connectivity index (χ1n) is 8.07. The largest absolute Gasteiger partial charge is 0.475 e. The topological polar surface area (TPSA) is 21.7 Å². The Labute approximate surface area is 136 Å². The number of hydrogen-bond acceptors (Lipinski definition) is 3. The van der Waals surface area contributed by atoms with Crippen LogP contribution in [0.3, 0.4) is 0 Å². The van der Waals surface area contributed by atoms with Crippen molar-refractivity contribution in [3.63, 3.8) is 0 Å². The minimum atomic E-state index is -0.213. The third-order valence-corrected chi connectivity index (χ3v) is 4.16. The smallest absolute Gasteiger partial charge is 0.155 e. The lowest BCUT2D eigenvalue weighted by atomic mass is 10.2. The summed E-state index contributed by atoms with van der Waals surface area (Å²) in [6, 6.07) is 16.6. The summed E-state index contributed by atoms with van der Waals surface area (Å²) in [6.45, 7) is 4.12. The van der Waals surface area contributed by atoms with E-state index in [2.05, 4.69) is 11.8 Å². The van der Waals surface area contributed by atoms with Gasteiger partial charge in [-0.05, 0) is 24.7 Å².